The number of aromatic hydroxyl groups is 1. The highest BCUT2D eigenvalue weighted by molar-refractivity contribution is 9.10. The van der Waals surface area contributed by atoms with Crippen LogP contribution in [0.2, 0.25) is 0 Å². The molecule has 2 aromatic heterocycles. The molecule has 0 bridgehead atoms. The number of hydrogen-bond acceptors (Lipinski definition) is 14. The predicted molar refractivity (Wildman–Crippen MR) is 323 cm³/mol. The molecule has 4 atom stereocenters. The first-order valence-corrected chi connectivity index (χ1v) is 27.9. The van der Waals surface area contributed by atoms with Crippen molar-refractivity contribution >= 4 is 81.0 Å². The Balaban J connectivity index is 0.000000397. The van der Waals surface area contributed by atoms with Crippen molar-refractivity contribution in [3.05, 3.63) is 148 Å². The number of aliphatic hydroxyl groups is 1. The Morgan fingerprint density at radius 2 is 1.33 bits per heavy atom. The van der Waals surface area contributed by atoms with Crippen LogP contribution in [0.5, 0.6) is 5.75 Å². The molecule has 2 heterocycles. The summed E-state index contributed by atoms with van der Waals surface area (Å²) in [5.41, 5.74) is 7.89. The topological polar surface area (TPSA) is 226 Å². The molecule has 6 N–H and O–H groups in total. The van der Waals surface area contributed by atoms with Gasteiger partial charge in [-0.2, -0.15) is 0 Å². The molecule has 4 amide bonds. The lowest BCUT2D eigenvalue weighted by Gasteiger charge is -2.35. The molecule has 4 aromatic carbocycles. The zero-order chi connectivity index (χ0) is 58.9. The van der Waals surface area contributed by atoms with E-state index in [4.69, 9.17) is 14.2 Å². The van der Waals surface area contributed by atoms with Crippen molar-refractivity contribution in [3.8, 4) is 17.0 Å². The molecule has 0 aliphatic carbocycles. The number of ether oxygens (including phenoxy) is 3. The molecular weight excluding hydrogens is 1140 g/mol. The first-order valence-electron chi connectivity index (χ1n) is 26.1. The van der Waals surface area contributed by atoms with Crippen LogP contribution >= 0.6 is 40.1 Å². The number of phenols is 1. The van der Waals surface area contributed by atoms with Crippen LogP contribution in [0, 0.1) is 10.8 Å². The van der Waals surface area contributed by atoms with E-state index >= 15 is 0 Å². The molecule has 81 heavy (non-hydrogen) atoms. The average molecular weight is 1220 g/mol. The van der Waals surface area contributed by atoms with Crippen molar-refractivity contribution < 1.29 is 48.4 Å². The van der Waals surface area contributed by atoms with Gasteiger partial charge < -0.3 is 49.8 Å². The molecule has 21 heteroatoms. The highest BCUT2D eigenvalue weighted by atomic mass is 79.9. The lowest BCUT2D eigenvalue weighted by Crippen LogP contribution is -2.60. The quantitative estimate of drug-likeness (QED) is 0.0171. The van der Waals surface area contributed by atoms with Crippen LogP contribution in [0.1, 0.15) is 81.2 Å². The minimum Gasteiger partial charge on any atom is -0.506 e. The summed E-state index contributed by atoms with van der Waals surface area (Å²) in [6.07, 6.45) is -0.778. The number of rotatable bonds is 21. The highest BCUT2D eigenvalue weighted by Gasteiger charge is 2.38. The van der Waals surface area contributed by atoms with Crippen molar-refractivity contribution in [2.45, 2.75) is 103 Å². The number of phenolic OH excluding ortho intramolecular Hbond substituents is 1. The maximum absolute atomic E-state index is 13.8. The van der Waals surface area contributed by atoms with E-state index in [9.17, 15) is 34.2 Å². The highest BCUT2D eigenvalue weighted by Crippen LogP contribution is 2.41. The number of benzene rings is 4. The number of methoxy groups -OCH3 is 2. The number of hydrazine groups is 1. The monoisotopic (exact) mass is 1220 g/mol. The molecule has 0 aliphatic heterocycles. The first-order chi connectivity index (χ1) is 37.9. The second kappa shape index (κ2) is 30.9. The van der Waals surface area contributed by atoms with Crippen LogP contribution < -0.4 is 21.4 Å². The van der Waals surface area contributed by atoms with E-state index in [-0.39, 0.29) is 43.6 Å². The molecule has 0 unspecified atom stereocenters. The van der Waals surface area contributed by atoms with E-state index < -0.39 is 59.1 Å². The zero-order valence-electron chi connectivity index (χ0n) is 48.2. The summed E-state index contributed by atoms with van der Waals surface area (Å²) in [4.78, 5) is 72.4. The number of aliphatic hydroxyl groups excluding tert-OH is 1. The van der Waals surface area contributed by atoms with E-state index in [0.29, 0.717) is 34.5 Å². The number of carbonyl (C=O) groups excluding carboxylic acids is 5. The van der Waals surface area contributed by atoms with Gasteiger partial charge in [0, 0.05) is 65.7 Å². The fraction of sp³-hybridized carbons (Fsp3) is 0.400. The molecule has 0 radical (unpaired) electrons. The summed E-state index contributed by atoms with van der Waals surface area (Å²) in [7, 11) is 8.26. The van der Waals surface area contributed by atoms with Crippen molar-refractivity contribution in [3.63, 3.8) is 0 Å². The van der Waals surface area contributed by atoms with Crippen LogP contribution in [-0.4, -0.2) is 125 Å². The van der Waals surface area contributed by atoms with E-state index in [1.54, 1.807) is 50.7 Å². The number of alkyl carbamates (subject to hydrolysis) is 2. The molecule has 0 aliphatic rings. The maximum Gasteiger partial charge on any atom is 0.407 e. The molecule has 0 fully saturated rings. The van der Waals surface area contributed by atoms with Crippen LogP contribution in [0.25, 0.3) is 22.2 Å². The number of amides is 4. The molecule has 6 aromatic rings. The maximum atomic E-state index is 13.8. The summed E-state index contributed by atoms with van der Waals surface area (Å²) in [6.45, 7) is 13.5. The SMILES string of the molecule is CCOC(=O)c1c(CSc2ccccc2)n(C)c2cc(Br)c(O)c(CN(C)C)c12.COC(=O)N[C@H](C(=O)N[C@@H](Cc1ccccc1)[C@@H](O)CN(Cc1ccc(-c2ccccn2)cc1)NC(=O)[C@@H](NC(=O)OC)C(C)(C)C)C(C)(C)C.Cl. The third kappa shape index (κ3) is 19.2. The van der Waals surface area contributed by atoms with Gasteiger partial charge in [-0.1, -0.05) is 120 Å². The minimum absolute atomic E-state index is 0. The Kier molecular flexibility index (Phi) is 25.5. The Bertz CT molecular complexity index is 3010. The second-order valence-electron chi connectivity index (χ2n) is 21.5. The number of aryl methyl sites for hydroxylation is 1. The van der Waals surface area contributed by atoms with Gasteiger partial charge >= 0.3 is 18.2 Å². The molecule has 0 spiro atoms. The fourth-order valence-corrected chi connectivity index (χ4v) is 10.2. The van der Waals surface area contributed by atoms with Crippen LogP contribution in [-0.2, 0) is 56.1 Å². The van der Waals surface area contributed by atoms with Crippen LogP contribution in [0.3, 0.4) is 0 Å². The predicted octanol–water partition coefficient (Wildman–Crippen LogP) is 9.81. The Hall–Kier alpha value is -6.68. The Morgan fingerprint density at radius 1 is 0.765 bits per heavy atom. The number of aromatic nitrogens is 2. The number of carbonyl (C=O) groups is 5. The number of fused-ring (bicyclic) bond motifs is 1. The zero-order valence-corrected chi connectivity index (χ0v) is 51.4. The molecule has 18 nitrogen and oxygen atoms in total. The first kappa shape index (κ1) is 66.8. The van der Waals surface area contributed by atoms with Gasteiger partial charge in [-0.05, 0) is 95.7 Å². The van der Waals surface area contributed by atoms with Crippen LogP contribution in [0.15, 0.2) is 125 Å². The van der Waals surface area contributed by atoms with Crippen molar-refractivity contribution in [1.29, 1.82) is 0 Å². The van der Waals surface area contributed by atoms with Gasteiger partial charge in [0.2, 0.25) is 5.91 Å². The summed E-state index contributed by atoms with van der Waals surface area (Å²) in [6, 6.07) is 31.8. The fourth-order valence-electron chi connectivity index (χ4n) is 8.79. The largest absolute Gasteiger partial charge is 0.506 e. The van der Waals surface area contributed by atoms with Gasteiger partial charge in [-0.15, -0.1) is 24.2 Å². The summed E-state index contributed by atoms with van der Waals surface area (Å²) < 4.78 is 17.6. The second-order valence-corrected chi connectivity index (χ2v) is 23.4. The number of halogens is 2. The third-order valence-corrected chi connectivity index (χ3v) is 14.5. The van der Waals surface area contributed by atoms with E-state index in [1.165, 1.54) is 14.2 Å². The van der Waals surface area contributed by atoms with Crippen molar-refractivity contribution in [2.24, 2.45) is 17.9 Å². The number of nitrogens with one attached hydrogen (secondary N) is 4. The minimum atomic E-state index is -1.22. The average Bonchev–Trinajstić information content (AvgIpc) is 4.00. The van der Waals surface area contributed by atoms with Gasteiger partial charge in [0.1, 0.15) is 17.8 Å². The number of pyridine rings is 1. The van der Waals surface area contributed by atoms with Crippen molar-refractivity contribution in [2.75, 3.05) is 41.5 Å². The summed E-state index contributed by atoms with van der Waals surface area (Å²) in [5.74, 6) is -0.621. The lowest BCUT2D eigenvalue weighted by molar-refractivity contribution is -0.132. The Labute approximate surface area is 494 Å². The Morgan fingerprint density at radius 3 is 1.86 bits per heavy atom. The number of thioether (sulfide) groups is 1. The van der Waals surface area contributed by atoms with Gasteiger partial charge in [0.15, 0.2) is 0 Å². The van der Waals surface area contributed by atoms with Crippen LogP contribution in [0.4, 0.5) is 9.59 Å². The third-order valence-electron chi connectivity index (χ3n) is 12.9. The molecular formula is C60H78BrClN8O10S. The van der Waals surface area contributed by atoms with E-state index in [2.05, 4.69) is 54.4 Å². The molecule has 0 saturated carbocycles. The standard InChI is InChI=1S/C38H52N6O7.C22H25BrN2O3S.ClH/c1-37(2,3)31(41-35(48)50-7)33(46)40-29(22-25-14-10-9-11-15-25)30(45)24-44(43-34(47)32(38(4,5)6)42-36(49)51-8)23-26-17-19-27(20-18-26)28-16-12-13-21-39-28;1-5-28-22(27)20-18(13-29-14-9-7-6-8-10-14)25(4)17-11-16(23)21(26)15(19(17)20)12-24(2)3;/h9-21,29-32,45H,22-24H2,1-8H3,(H,40,46)(H,41,48)(H,42,49)(H,43,47);6-11,26H,5,12-13H2,1-4H3;1H/t29-,30-,31+,32+;;/m0../s1. The van der Waals surface area contributed by atoms with E-state index in [1.807, 2.05) is 148 Å². The molecule has 6 rings (SSSR count). The van der Waals surface area contributed by atoms with Gasteiger partial charge in [0.25, 0.3) is 5.91 Å². The number of nitrogens with zero attached hydrogens (tertiary/aromatic N) is 4. The molecule has 0 saturated heterocycles. The van der Waals surface area contributed by atoms with Gasteiger partial charge in [0.05, 0.1) is 54.2 Å². The normalized spacial score (nSPS) is 12.9. The van der Waals surface area contributed by atoms with Gasteiger partial charge in [-0.3, -0.25) is 20.0 Å². The molecule has 438 valence electrons. The summed E-state index contributed by atoms with van der Waals surface area (Å²) in [5, 5.41) is 33.1. The smallest absolute Gasteiger partial charge is 0.407 e. The summed E-state index contributed by atoms with van der Waals surface area (Å²) >= 11 is 5.13. The number of hydrogen-bond donors (Lipinski definition) is 6. The van der Waals surface area contributed by atoms with Crippen molar-refractivity contribution in [1.82, 2.24) is 40.8 Å². The van der Waals surface area contributed by atoms with Gasteiger partial charge in [-0.25, -0.2) is 19.4 Å². The lowest BCUT2D eigenvalue weighted by atomic mass is 9.85. The number of esters is 1. The van der Waals surface area contributed by atoms with E-state index in [0.717, 1.165) is 43.9 Å².